The molecule has 1 heterocycles. The van der Waals surface area contributed by atoms with Crippen LogP contribution in [0.5, 0.6) is 5.75 Å². The number of sulfonamides is 1. The summed E-state index contributed by atoms with van der Waals surface area (Å²) in [5, 5.41) is 3.75. The minimum absolute atomic E-state index is 0.0290. The second kappa shape index (κ2) is 10.8. The Kier molecular flexibility index (Phi) is 8.76. The number of amides is 1. The van der Waals surface area contributed by atoms with Gasteiger partial charge in [0.15, 0.2) is 0 Å². The first-order valence-electron chi connectivity index (χ1n) is 9.13. The Morgan fingerprint density at radius 2 is 1.97 bits per heavy atom. The second-order valence-corrected chi connectivity index (χ2v) is 9.09. The van der Waals surface area contributed by atoms with E-state index in [0.29, 0.717) is 35.4 Å². The predicted molar refractivity (Wildman–Crippen MR) is 116 cm³/mol. The number of nitrogens with zero attached hydrogens (tertiary/aromatic N) is 2. The van der Waals surface area contributed by atoms with Gasteiger partial charge in [0.25, 0.3) is 0 Å². The summed E-state index contributed by atoms with van der Waals surface area (Å²) in [5.41, 5.74) is 0.372. The molecule has 10 heteroatoms. The molecule has 29 heavy (non-hydrogen) atoms. The Bertz CT molecular complexity index is 950. The van der Waals surface area contributed by atoms with E-state index in [1.54, 1.807) is 51.2 Å². The van der Waals surface area contributed by atoms with E-state index >= 15 is 0 Å². The van der Waals surface area contributed by atoms with Crippen molar-refractivity contribution in [3.05, 3.63) is 41.6 Å². The summed E-state index contributed by atoms with van der Waals surface area (Å²) >= 11 is 7.24. The third kappa shape index (κ3) is 6.08. The van der Waals surface area contributed by atoms with E-state index in [1.807, 2.05) is 0 Å². The monoisotopic (exact) mass is 457 g/mol. The van der Waals surface area contributed by atoms with Crippen molar-refractivity contribution in [3.63, 3.8) is 0 Å². The highest BCUT2D eigenvalue weighted by molar-refractivity contribution is 8.00. The van der Waals surface area contributed by atoms with Crippen molar-refractivity contribution in [2.75, 3.05) is 30.8 Å². The van der Waals surface area contributed by atoms with Crippen LogP contribution >= 0.6 is 23.4 Å². The Morgan fingerprint density at radius 3 is 2.59 bits per heavy atom. The highest BCUT2D eigenvalue weighted by Crippen LogP contribution is 2.30. The van der Waals surface area contributed by atoms with Crippen LogP contribution in [-0.2, 0) is 14.8 Å². The van der Waals surface area contributed by atoms with Crippen LogP contribution < -0.4 is 10.1 Å². The number of benzene rings is 1. The van der Waals surface area contributed by atoms with Crippen molar-refractivity contribution >= 4 is 45.0 Å². The molecule has 2 rings (SSSR count). The summed E-state index contributed by atoms with van der Waals surface area (Å²) in [6.07, 6.45) is 1.60. The van der Waals surface area contributed by atoms with E-state index in [2.05, 4.69) is 10.3 Å². The lowest BCUT2D eigenvalue weighted by atomic mass is 10.3. The average Bonchev–Trinajstić information content (AvgIpc) is 2.69. The topological polar surface area (TPSA) is 88.6 Å². The normalized spacial score (nSPS) is 11.5. The maximum atomic E-state index is 13.0. The van der Waals surface area contributed by atoms with Crippen LogP contribution in [-0.4, -0.2) is 49.1 Å². The average molecular weight is 458 g/mol. The fourth-order valence-electron chi connectivity index (χ4n) is 2.57. The standard InChI is InChI=1S/C19H24ClN3O4S2/c1-4-23(5-2)29(25,26)17-12-14(9-10-16(17)27-6-3)22-18(24)13-28-19-15(20)8-7-11-21-19/h7-12H,4-6,13H2,1-3H3,(H,22,24). The van der Waals surface area contributed by atoms with Crippen molar-refractivity contribution in [2.24, 2.45) is 0 Å². The Hall–Kier alpha value is -1.81. The number of pyridine rings is 1. The van der Waals surface area contributed by atoms with Crippen molar-refractivity contribution in [3.8, 4) is 5.75 Å². The van der Waals surface area contributed by atoms with Crippen LogP contribution in [0.3, 0.4) is 0 Å². The van der Waals surface area contributed by atoms with Crippen molar-refractivity contribution < 1.29 is 17.9 Å². The van der Waals surface area contributed by atoms with Crippen molar-refractivity contribution in [1.29, 1.82) is 0 Å². The second-order valence-electron chi connectivity index (χ2n) is 5.81. The number of aromatic nitrogens is 1. The van der Waals surface area contributed by atoms with Crippen molar-refractivity contribution in [1.82, 2.24) is 9.29 Å². The number of carbonyl (C=O) groups excluding carboxylic acids is 1. The van der Waals surface area contributed by atoms with E-state index in [-0.39, 0.29) is 22.3 Å². The lowest BCUT2D eigenvalue weighted by Gasteiger charge is -2.21. The third-order valence-corrected chi connectivity index (χ3v) is 7.41. The zero-order valence-electron chi connectivity index (χ0n) is 16.5. The van der Waals surface area contributed by atoms with Gasteiger partial charge in [-0.2, -0.15) is 4.31 Å². The number of ether oxygens (including phenoxy) is 1. The van der Waals surface area contributed by atoms with Gasteiger partial charge < -0.3 is 10.1 Å². The number of hydrogen-bond donors (Lipinski definition) is 1. The molecular weight excluding hydrogens is 434 g/mol. The first-order chi connectivity index (χ1) is 13.8. The zero-order valence-corrected chi connectivity index (χ0v) is 18.9. The Morgan fingerprint density at radius 1 is 1.24 bits per heavy atom. The highest BCUT2D eigenvalue weighted by atomic mass is 35.5. The highest BCUT2D eigenvalue weighted by Gasteiger charge is 2.26. The fourth-order valence-corrected chi connectivity index (χ4v) is 5.15. The SMILES string of the molecule is CCOc1ccc(NC(=O)CSc2ncccc2Cl)cc1S(=O)(=O)N(CC)CC. The molecule has 7 nitrogen and oxygen atoms in total. The van der Waals surface area contributed by atoms with Gasteiger partial charge in [-0.15, -0.1) is 0 Å². The van der Waals surface area contributed by atoms with E-state index in [1.165, 1.54) is 22.1 Å². The third-order valence-electron chi connectivity index (χ3n) is 3.92. The van der Waals surface area contributed by atoms with Gasteiger partial charge in [-0.25, -0.2) is 13.4 Å². The van der Waals surface area contributed by atoms with Crippen LogP contribution in [0.4, 0.5) is 5.69 Å². The largest absolute Gasteiger partial charge is 0.492 e. The molecule has 0 aliphatic carbocycles. The number of thioether (sulfide) groups is 1. The van der Waals surface area contributed by atoms with Gasteiger partial charge in [-0.05, 0) is 37.3 Å². The number of carbonyl (C=O) groups is 1. The summed E-state index contributed by atoms with van der Waals surface area (Å²) in [5.74, 6) is 0.0429. The van der Waals surface area contributed by atoms with Gasteiger partial charge >= 0.3 is 0 Å². The van der Waals surface area contributed by atoms with Gasteiger partial charge in [0.1, 0.15) is 15.7 Å². The minimum atomic E-state index is -3.75. The molecule has 158 valence electrons. The Labute approximate surface area is 180 Å². The molecule has 0 aliphatic heterocycles. The van der Waals surface area contributed by atoms with Gasteiger partial charge in [0, 0.05) is 25.0 Å². The smallest absolute Gasteiger partial charge is 0.246 e. The van der Waals surface area contributed by atoms with Crippen LogP contribution in [0, 0.1) is 0 Å². The van der Waals surface area contributed by atoms with Gasteiger partial charge in [-0.3, -0.25) is 4.79 Å². The van der Waals surface area contributed by atoms with E-state index < -0.39 is 10.0 Å². The van der Waals surface area contributed by atoms with Crippen LogP contribution in [0.1, 0.15) is 20.8 Å². The van der Waals surface area contributed by atoms with Gasteiger partial charge in [0.05, 0.1) is 17.4 Å². The van der Waals surface area contributed by atoms with Gasteiger partial charge in [0.2, 0.25) is 15.9 Å². The fraction of sp³-hybridized carbons (Fsp3) is 0.368. The van der Waals surface area contributed by atoms with Crippen LogP contribution in [0.2, 0.25) is 5.02 Å². The quantitative estimate of drug-likeness (QED) is 0.544. The zero-order chi connectivity index (χ0) is 21.4. The first kappa shape index (κ1) is 23.5. The number of nitrogens with one attached hydrogen (secondary N) is 1. The molecule has 2 aromatic rings. The maximum absolute atomic E-state index is 13.0. The molecule has 0 fully saturated rings. The van der Waals surface area contributed by atoms with Crippen molar-refractivity contribution in [2.45, 2.75) is 30.7 Å². The summed E-state index contributed by atoms with van der Waals surface area (Å²) in [7, 11) is -3.75. The summed E-state index contributed by atoms with van der Waals surface area (Å²) in [6, 6.07) is 8.01. The van der Waals surface area contributed by atoms with Crippen LogP contribution in [0.15, 0.2) is 46.5 Å². The molecule has 0 atom stereocenters. The van der Waals surface area contributed by atoms with Crippen LogP contribution in [0.25, 0.3) is 0 Å². The molecule has 0 saturated heterocycles. The predicted octanol–water partition coefficient (Wildman–Crippen LogP) is 3.90. The van der Waals surface area contributed by atoms with E-state index in [4.69, 9.17) is 16.3 Å². The summed E-state index contributed by atoms with van der Waals surface area (Å²) < 4.78 is 32.8. The maximum Gasteiger partial charge on any atom is 0.246 e. The molecule has 0 radical (unpaired) electrons. The molecular formula is C19H24ClN3O4S2. The number of anilines is 1. The molecule has 0 bridgehead atoms. The molecule has 1 aromatic heterocycles. The first-order valence-corrected chi connectivity index (χ1v) is 11.9. The number of rotatable bonds is 10. The molecule has 0 saturated carbocycles. The summed E-state index contributed by atoms with van der Waals surface area (Å²) in [6.45, 7) is 6.32. The molecule has 0 aliphatic rings. The molecule has 1 aromatic carbocycles. The molecule has 0 spiro atoms. The van der Waals surface area contributed by atoms with E-state index in [0.717, 1.165) is 0 Å². The summed E-state index contributed by atoms with van der Waals surface area (Å²) in [4.78, 5) is 16.5. The van der Waals surface area contributed by atoms with E-state index in [9.17, 15) is 13.2 Å². The lowest BCUT2D eigenvalue weighted by molar-refractivity contribution is -0.113. The molecule has 0 unspecified atom stereocenters. The molecule has 1 amide bonds. The number of halogens is 1. The Balaban J connectivity index is 2.21. The lowest BCUT2D eigenvalue weighted by Crippen LogP contribution is -2.31. The minimum Gasteiger partial charge on any atom is -0.492 e. The number of hydrogen-bond acceptors (Lipinski definition) is 6. The van der Waals surface area contributed by atoms with Gasteiger partial charge in [-0.1, -0.05) is 37.2 Å². The molecule has 1 N–H and O–H groups in total.